The Morgan fingerprint density at radius 3 is 2.64 bits per heavy atom. The number of ether oxygens (including phenoxy) is 1. The summed E-state index contributed by atoms with van der Waals surface area (Å²) in [6, 6.07) is 14.7. The van der Waals surface area contributed by atoms with Crippen LogP contribution in [0.4, 0.5) is 0 Å². The number of carbonyl (C=O) groups excluding carboxylic acids is 1. The van der Waals surface area contributed by atoms with E-state index in [1.54, 1.807) is 23.1 Å². The molecule has 0 spiro atoms. The fourth-order valence-corrected chi connectivity index (χ4v) is 6.24. The number of aryl methyl sites for hydroxylation is 1. The normalized spacial score (nSPS) is 23.1. The smallest absolute Gasteiger partial charge is 0.263 e. The van der Waals surface area contributed by atoms with Gasteiger partial charge in [-0.15, -0.1) is 0 Å². The number of benzene rings is 2. The molecule has 2 N–H and O–H groups in total. The van der Waals surface area contributed by atoms with Crippen LogP contribution in [0.2, 0.25) is 0 Å². The van der Waals surface area contributed by atoms with Gasteiger partial charge < -0.3 is 14.7 Å². The van der Waals surface area contributed by atoms with Gasteiger partial charge >= 0.3 is 0 Å². The predicted molar refractivity (Wildman–Crippen MR) is 136 cm³/mol. The van der Waals surface area contributed by atoms with Gasteiger partial charge in [-0.3, -0.25) is 9.69 Å². The minimum atomic E-state index is -3.55. The largest absolute Gasteiger partial charge is 0.480 e. The van der Waals surface area contributed by atoms with Crippen molar-refractivity contribution in [1.82, 2.24) is 14.5 Å². The second-order valence-corrected chi connectivity index (χ2v) is 12.1. The van der Waals surface area contributed by atoms with E-state index in [4.69, 9.17) is 4.74 Å². The Hall–Kier alpha value is -2.46. The molecule has 2 aromatic carbocycles. The van der Waals surface area contributed by atoms with Gasteiger partial charge in [0.05, 0.1) is 17.0 Å². The molecule has 194 valence electrons. The number of likely N-dealkylation sites (tertiary alicyclic amines) is 1. The summed E-state index contributed by atoms with van der Waals surface area (Å²) in [5, 5.41) is 9.97. The maximum absolute atomic E-state index is 13.6. The fraction of sp³-hybridized carbons (Fsp3) is 0.519. The van der Waals surface area contributed by atoms with E-state index in [0.717, 1.165) is 36.9 Å². The number of aliphatic hydroxyl groups excluding tert-OH is 1. The third-order valence-corrected chi connectivity index (χ3v) is 8.92. The lowest BCUT2D eigenvalue weighted by Crippen LogP contribution is -2.46. The highest BCUT2D eigenvalue weighted by Crippen LogP contribution is 2.33. The van der Waals surface area contributed by atoms with Crippen LogP contribution in [-0.2, 0) is 21.2 Å². The lowest BCUT2D eigenvalue weighted by molar-refractivity contribution is -0.140. The average Bonchev–Trinajstić information content (AvgIpc) is 3.64. The van der Waals surface area contributed by atoms with Crippen LogP contribution in [0.1, 0.15) is 42.9 Å². The summed E-state index contributed by atoms with van der Waals surface area (Å²) in [6.45, 7) is 2.54. The Bertz CT molecular complexity index is 1190. The van der Waals surface area contributed by atoms with Gasteiger partial charge in [-0.05, 0) is 67.3 Å². The third kappa shape index (κ3) is 5.75. The van der Waals surface area contributed by atoms with Crippen molar-refractivity contribution in [3.05, 3.63) is 59.7 Å². The number of carbonyl (C=O) groups is 1. The summed E-state index contributed by atoms with van der Waals surface area (Å²) in [7, 11) is -1.74. The van der Waals surface area contributed by atoms with E-state index >= 15 is 0 Å². The summed E-state index contributed by atoms with van der Waals surface area (Å²) in [5.74, 6) is 0.921. The van der Waals surface area contributed by atoms with Crippen molar-refractivity contribution < 1.29 is 23.1 Å². The highest BCUT2D eigenvalue weighted by molar-refractivity contribution is 7.89. The topological polar surface area (TPSA) is 99.2 Å². The molecule has 1 amide bonds. The zero-order valence-corrected chi connectivity index (χ0v) is 21.5. The third-order valence-electron chi connectivity index (χ3n) is 7.50. The van der Waals surface area contributed by atoms with E-state index in [2.05, 4.69) is 9.62 Å². The number of hydrogen-bond acceptors (Lipinski definition) is 6. The van der Waals surface area contributed by atoms with Gasteiger partial charge in [-0.2, -0.15) is 0 Å². The van der Waals surface area contributed by atoms with Gasteiger partial charge in [-0.1, -0.05) is 30.3 Å². The molecule has 3 atom stereocenters. The van der Waals surface area contributed by atoms with Crippen molar-refractivity contribution in [2.75, 3.05) is 33.2 Å². The second kappa shape index (κ2) is 10.5. The molecule has 36 heavy (non-hydrogen) atoms. The van der Waals surface area contributed by atoms with Crippen LogP contribution in [0.15, 0.2) is 53.4 Å². The molecule has 0 aromatic heterocycles. The summed E-state index contributed by atoms with van der Waals surface area (Å²) < 4.78 is 34.1. The maximum atomic E-state index is 13.6. The Labute approximate surface area is 213 Å². The number of aliphatic hydroxyl groups is 1. The summed E-state index contributed by atoms with van der Waals surface area (Å²) in [4.78, 5) is 17.8. The molecule has 1 saturated carbocycles. The standard InChI is InChI=1S/C27H35N3O5S/c1-29(24(20-5-3-2-4-6-20)18-30-14-13-22(31)17-30)27(32)26-11-9-21-15-23(10-12-25(21)35-26)36(33,34)28-16-19-7-8-19/h2-6,10,12,15,19,22,24,26,28,31H,7-9,11,13-14,16-18H2,1H3/t22-,24+,26?/m0/s1. The monoisotopic (exact) mass is 513 g/mol. The molecular weight excluding hydrogens is 478 g/mol. The number of sulfonamides is 1. The van der Waals surface area contributed by atoms with Gasteiger partial charge in [0.25, 0.3) is 5.91 Å². The molecule has 1 unspecified atom stereocenters. The molecule has 2 heterocycles. The minimum absolute atomic E-state index is 0.1000. The van der Waals surface area contributed by atoms with Gasteiger partial charge in [-0.25, -0.2) is 13.1 Å². The molecule has 1 aliphatic carbocycles. The molecule has 8 nitrogen and oxygen atoms in total. The first-order chi connectivity index (χ1) is 17.3. The lowest BCUT2D eigenvalue weighted by Gasteiger charge is -2.35. The lowest BCUT2D eigenvalue weighted by atomic mass is 10.00. The molecule has 1 saturated heterocycles. The van der Waals surface area contributed by atoms with Crippen LogP contribution in [0, 0.1) is 5.92 Å². The van der Waals surface area contributed by atoms with Crippen molar-refractivity contribution >= 4 is 15.9 Å². The van der Waals surface area contributed by atoms with Crippen LogP contribution in [0.3, 0.4) is 0 Å². The van der Waals surface area contributed by atoms with Crippen molar-refractivity contribution in [3.63, 3.8) is 0 Å². The molecule has 3 aliphatic rings. The molecule has 2 aromatic rings. The van der Waals surface area contributed by atoms with Crippen molar-refractivity contribution in [2.45, 2.75) is 55.2 Å². The fourth-order valence-electron chi connectivity index (χ4n) is 5.07. The number of β-amino-alcohol motifs (C(OH)–C–C–N with tert-alkyl or cyclic N) is 1. The number of nitrogens with zero attached hydrogens (tertiary/aromatic N) is 2. The summed E-state index contributed by atoms with van der Waals surface area (Å²) in [6.07, 6.45) is 3.01. The molecule has 5 rings (SSSR count). The quantitative estimate of drug-likeness (QED) is 0.534. The molecule has 0 bridgehead atoms. The average molecular weight is 514 g/mol. The predicted octanol–water partition coefficient (Wildman–Crippen LogP) is 2.33. The first-order valence-corrected chi connectivity index (χ1v) is 14.3. The number of rotatable bonds is 9. The Kier molecular flexibility index (Phi) is 7.35. The van der Waals surface area contributed by atoms with Gasteiger partial charge in [0, 0.05) is 33.2 Å². The first kappa shape index (κ1) is 25.2. The van der Waals surface area contributed by atoms with Gasteiger partial charge in [0.2, 0.25) is 10.0 Å². The molecule has 0 radical (unpaired) electrons. The van der Waals surface area contributed by atoms with Crippen molar-refractivity contribution in [2.24, 2.45) is 5.92 Å². The highest BCUT2D eigenvalue weighted by Gasteiger charge is 2.34. The van der Waals surface area contributed by atoms with E-state index in [1.165, 1.54) is 0 Å². The number of nitrogens with one attached hydrogen (secondary N) is 1. The Morgan fingerprint density at radius 2 is 1.94 bits per heavy atom. The molecular formula is C27H35N3O5S. The number of hydrogen-bond donors (Lipinski definition) is 2. The Morgan fingerprint density at radius 1 is 1.17 bits per heavy atom. The molecule has 9 heteroatoms. The molecule has 2 aliphatic heterocycles. The zero-order chi connectivity index (χ0) is 25.3. The second-order valence-electron chi connectivity index (χ2n) is 10.3. The maximum Gasteiger partial charge on any atom is 0.263 e. The minimum Gasteiger partial charge on any atom is -0.480 e. The number of amides is 1. The van der Waals surface area contributed by atoms with E-state index < -0.39 is 16.1 Å². The van der Waals surface area contributed by atoms with Gasteiger partial charge in [0.1, 0.15) is 5.75 Å². The van der Waals surface area contributed by atoms with Crippen LogP contribution >= 0.6 is 0 Å². The number of fused-ring (bicyclic) bond motifs is 1. The van der Waals surface area contributed by atoms with E-state index in [1.807, 2.05) is 37.4 Å². The van der Waals surface area contributed by atoms with E-state index in [-0.39, 0.29) is 22.9 Å². The van der Waals surface area contributed by atoms with Crippen LogP contribution < -0.4 is 9.46 Å². The van der Waals surface area contributed by atoms with E-state index in [9.17, 15) is 18.3 Å². The SMILES string of the molecule is CN(C(=O)C1CCc2cc(S(=O)(=O)NCC3CC3)ccc2O1)[C@H](CN1CC[C@H](O)C1)c1ccccc1. The van der Waals surface area contributed by atoms with Crippen LogP contribution in [0.5, 0.6) is 5.75 Å². The number of likely N-dealkylation sites (N-methyl/N-ethyl adjacent to an activating group) is 1. The highest BCUT2D eigenvalue weighted by atomic mass is 32.2. The summed E-state index contributed by atoms with van der Waals surface area (Å²) in [5.41, 5.74) is 1.85. The van der Waals surface area contributed by atoms with E-state index in [0.29, 0.717) is 44.1 Å². The van der Waals surface area contributed by atoms with Crippen molar-refractivity contribution in [1.29, 1.82) is 0 Å². The van der Waals surface area contributed by atoms with Crippen LogP contribution in [0.25, 0.3) is 0 Å². The molecule has 2 fully saturated rings. The van der Waals surface area contributed by atoms with Crippen LogP contribution in [-0.4, -0.2) is 74.7 Å². The Balaban J connectivity index is 1.28. The summed E-state index contributed by atoms with van der Waals surface area (Å²) >= 11 is 0. The van der Waals surface area contributed by atoms with Gasteiger partial charge in [0.15, 0.2) is 6.10 Å². The zero-order valence-electron chi connectivity index (χ0n) is 20.7. The van der Waals surface area contributed by atoms with Crippen molar-refractivity contribution in [3.8, 4) is 5.75 Å². The first-order valence-electron chi connectivity index (χ1n) is 12.8.